The van der Waals surface area contributed by atoms with Crippen molar-refractivity contribution in [1.29, 1.82) is 0 Å². The summed E-state index contributed by atoms with van der Waals surface area (Å²) in [6, 6.07) is 6.50. The van der Waals surface area contributed by atoms with Gasteiger partial charge in [-0.2, -0.15) is 0 Å². The Hall–Kier alpha value is -1.49. The number of thioether (sulfide) groups is 1. The van der Waals surface area contributed by atoms with Gasteiger partial charge in [0.25, 0.3) is 5.24 Å². The summed E-state index contributed by atoms with van der Waals surface area (Å²) in [5.41, 5.74) is 0.723. The lowest BCUT2D eigenvalue weighted by Gasteiger charge is -1.96. The second kappa shape index (κ2) is 3.71. The maximum absolute atomic E-state index is 10.8. The number of nitrogens with one attached hydrogen (secondary N) is 1. The molecule has 1 aromatic rings. The molecule has 1 heterocycles. The molecule has 1 saturated heterocycles. The molecule has 0 spiro atoms. The third-order valence-electron chi connectivity index (χ3n) is 1.70. The number of aromatic hydroxyl groups is 1. The van der Waals surface area contributed by atoms with Crippen molar-refractivity contribution in [3.05, 3.63) is 24.3 Å². The van der Waals surface area contributed by atoms with E-state index in [1.807, 2.05) is 0 Å². The van der Waals surface area contributed by atoms with Gasteiger partial charge in [-0.15, -0.1) is 0 Å². The van der Waals surface area contributed by atoms with Gasteiger partial charge >= 0.3 is 0 Å². The highest BCUT2D eigenvalue weighted by Gasteiger charge is 2.15. The van der Waals surface area contributed by atoms with E-state index in [1.165, 1.54) is 11.8 Å². The third kappa shape index (κ3) is 2.05. The molecule has 4 nitrogen and oxygen atoms in total. The highest BCUT2D eigenvalue weighted by atomic mass is 32.2. The zero-order valence-corrected chi connectivity index (χ0v) is 8.04. The van der Waals surface area contributed by atoms with Crippen LogP contribution in [0.3, 0.4) is 0 Å². The predicted molar refractivity (Wildman–Crippen MR) is 56.2 cm³/mol. The van der Waals surface area contributed by atoms with Crippen LogP contribution in [0.15, 0.2) is 29.3 Å². The molecule has 1 aliphatic rings. The second-order valence-electron chi connectivity index (χ2n) is 2.78. The van der Waals surface area contributed by atoms with E-state index in [-0.39, 0.29) is 11.0 Å². The molecular formula is C9H8N2O2S. The highest BCUT2D eigenvalue weighted by Crippen LogP contribution is 2.18. The fourth-order valence-electron chi connectivity index (χ4n) is 1.07. The number of benzene rings is 1. The molecule has 0 radical (unpaired) electrons. The van der Waals surface area contributed by atoms with Crippen molar-refractivity contribution in [1.82, 2.24) is 5.32 Å². The predicted octanol–water partition coefficient (Wildman–Crippen LogP) is 1.88. The number of carbonyl (C=O) groups excluding carboxylic acids is 1. The van der Waals surface area contributed by atoms with Crippen LogP contribution >= 0.6 is 11.8 Å². The largest absolute Gasteiger partial charge is 0.508 e. The van der Waals surface area contributed by atoms with E-state index in [0.717, 1.165) is 5.69 Å². The van der Waals surface area contributed by atoms with Crippen LogP contribution in [0.2, 0.25) is 0 Å². The van der Waals surface area contributed by atoms with Gasteiger partial charge in [0, 0.05) is 0 Å². The molecule has 1 amide bonds. The van der Waals surface area contributed by atoms with Gasteiger partial charge in [-0.05, 0) is 24.3 Å². The van der Waals surface area contributed by atoms with Gasteiger partial charge in [-0.25, -0.2) is 4.99 Å². The van der Waals surface area contributed by atoms with Crippen molar-refractivity contribution >= 4 is 28.5 Å². The van der Waals surface area contributed by atoms with E-state index in [4.69, 9.17) is 5.11 Å². The van der Waals surface area contributed by atoms with Crippen molar-refractivity contribution < 1.29 is 9.90 Å². The molecular weight excluding hydrogens is 200 g/mol. The van der Waals surface area contributed by atoms with E-state index >= 15 is 0 Å². The molecule has 0 unspecified atom stereocenters. The molecule has 1 fully saturated rings. The number of rotatable bonds is 1. The zero-order chi connectivity index (χ0) is 9.97. The highest BCUT2D eigenvalue weighted by molar-refractivity contribution is 8.14. The van der Waals surface area contributed by atoms with Crippen LogP contribution in [0, 0.1) is 0 Å². The number of amides is 1. The summed E-state index contributed by atoms with van der Waals surface area (Å²) in [7, 11) is 0. The summed E-state index contributed by atoms with van der Waals surface area (Å²) < 4.78 is 0. The van der Waals surface area contributed by atoms with Gasteiger partial charge < -0.3 is 10.4 Å². The van der Waals surface area contributed by atoms with Crippen molar-refractivity contribution in [2.45, 2.75) is 0 Å². The second-order valence-corrected chi connectivity index (χ2v) is 3.72. The molecule has 14 heavy (non-hydrogen) atoms. The summed E-state index contributed by atoms with van der Waals surface area (Å²) in [6.07, 6.45) is 0. The summed E-state index contributed by atoms with van der Waals surface area (Å²) >= 11 is 1.20. The first-order chi connectivity index (χ1) is 6.74. The van der Waals surface area contributed by atoms with E-state index in [1.54, 1.807) is 24.3 Å². The lowest BCUT2D eigenvalue weighted by atomic mass is 10.3. The van der Waals surface area contributed by atoms with E-state index in [9.17, 15) is 4.79 Å². The molecule has 1 aliphatic heterocycles. The third-order valence-corrected chi connectivity index (χ3v) is 2.48. The zero-order valence-electron chi connectivity index (χ0n) is 7.23. The number of carbonyl (C=O) groups is 1. The van der Waals surface area contributed by atoms with E-state index < -0.39 is 0 Å². The van der Waals surface area contributed by atoms with Crippen LogP contribution in [-0.4, -0.2) is 21.9 Å². The van der Waals surface area contributed by atoms with Gasteiger partial charge in [0.15, 0.2) is 0 Å². The minimum atomic E-state index is -0.0671. The maximum atomic E-state index is 10.8. The topological polar surface area (TPSA) is 61.7 Å². The number of aliphatic imine (C=N–C) groups is 1. The molecule has 5 heteroatoms. The molecule has 0 atom stereocenters. The summed E-state index contributed by atoms with van der Waals surface area (Å²) in [6.45, 7) is 0. The van der Waals surface area contributed by atoms with Crippen molar-refractivity contribution in [3.63, 3.8) is 0 Å². The molecule has 72 valence electrons. The minimum Gasteiger partial charge on any atom is -0.508 e. The Kier molecular flexibility index (Phi) is 2.41. The smallest absolute Gasteiger partial charge is 0.284 e. The number of phenolic OH excluding ortho intramolecular Hbond substituents is 1. The van der Waals surface area contributed by atoms with Gasteiger partial charge in [0.05, 0.1) is 11.4 Å². The Morgan fingerprint density at radius 2 is 2.07 bits per heavy atom. The Balaban J connectivity index is 2.17. The average Bonchev–Trinajstić information content (AvgIpc) is 2.56. The maximum Gasteiger partial charge on any atom is 0.284 e. The van der Waals surface area contributed by atoms with Gasteiger partial charge in [0.1, 0.15) is 11.6 Å². The molecule has 2 N–H and O–H groups in total. The number of amidine groups is 1. The summed E-state index contributed by atoms with van der Waals surface area (Å²) in [5.74, 6) is 1.45. The first-order valence-electron chi connectivity index (χ1n) is 4.04. The van der Waals surface area contributed by atoms with Crippen molar-refractivity contribution in [2.24, 2.45) is 4.99 Å². The summed E-state index contributed by atoms with van der Waals surface area (Å²) in [5, 5.41) is 11.6. The molecule has 0 aromatic heterocycles. The van der Waals surface area contributed by atoms with Crippen LogP contribution in [0.1, 0.15) is 0 Å². The van der Waals surface area contributed by atoms with Crippen molar-refractivity contribution in [3.8, 4) is 5.75 Å². The Bertz CT molecular complexity index is 386. The van der Waals surface area contributed by atoms with Crippen molar-refractivity contribution in [2.75, 3.05) is 5.75 Å². The van der Waals surface area contributed by atoms with Crippen LogP contribution in [0.5, 0.6) is 5.75 Å². The van der Waals surface area contributed by atoms with Gasteiger partial charge in [0.2, 0.25) is 0 Å². The normalized spacial score (nSPS) is 18.6. The summed E-state index contributed by atoms with van der Waals surface area (Å²) in [4.78, 5) is 15.0. The Morgan fingerprint density at radius 1 is 1.36 bits per heavy atom. The number of hydrogen-bond donors (Lipinski definition) is 2. The molecule has 2 rings (SSSR count). The van der Waals surface area contributed by atoms with E-state index in [2.05, 4.69) is 10.3 Å². The van der Waals surface area contributed by atoms with Gasteiger partial charge in [-0.1, -0.05) is 11.8 Å². The Morgan fingerprint density at radius 3 is 2.64 bits per heavy atom. The molecule has 0 aliphatic carbocycles. The number of phenols is 1. The number of hydrogen-bond acceptors (Lipinski definition) is 4. The fourth-order valence-corrected chi connectivity index (χ4v) is 1.66. The van der Waals surface area contributed by atoms with Crippen LogP contribution < -0.4 is 5.32 Å². The standard InChI is InChI=1S/C9H8N2O2S/c12-7-3-1-6(2-4-7)10-8-5-14-9(13)11-8/h1-4,12H,5H2,(H,10,11,13). The lowest BCUT2D eigenvalue weighted by molar-refractivity contribution is 0.265. The van der Waals surface area contributed by atoms with Crippen LogP contribution in [0.4, 0.5) is 10.5 Å². The SMILES string of the molecule is O=C1NC(=Nc2ccc(O)cc2)CS1. The van der Waals surface area contributed by atoms with Crippen LogP contribution in [0.25, 0.3) is 0 Å². The van der Waals surface area contributed by atoms with Gasteiger partial charge in [-0.3, -0.25) is 4.79 Å². The van der Waals surface area contributed by atoms with E-state index in [0.29, 0.717) is 11.6 Å². The quantitative estimate of drug-likeness (QED) is 0.740. The van der Waals surface area contributed by atoms with Crippen LogP contribution in [-0.2, 0) is 0 Å². The lowest BCUT2D eigenvalue weighted by Crippen LogP contribution is -2.18. The molecule has 1 aromatic carbocycles. The fraction of sp³-hybridized carbons (Fsp3) is 0.111. The monoisotopic (exact) mass is 208 g/mol. The minimum absolute atomic E-state index is 0.0671. The Labute approximate surface area is 85.0 Å². The first kappa shape index (κ1) is 9.08. The number of nitrogens with zero attached hydrogens (tertiary/aromatic N) is 1. The molecule has 0 saturated carbocycles. The molecule has 0 bridgehead atoms. The first-order valence-corrected chi connectivity index (χ1v) is 5.03. The average molecular weight is 208 g/mol.